The van der Waals surface area contributed by atoms with Crippen molar-refractivity contribution in [3.8, 4) is 0 Å². The summed E-state index contributed by atoms with van der Waals surface area (Å²) in [7, 11) is 0. The molecule has 1 aliphatic rings. The lowest BCUT2D eigenvalue weighted by Crippen LogP contribution is -2.68. The SMILES string of the molecule is CCCC(S)(S)N1CC(NC(=O)Cc2ccccc2)C1=O. The Labute approximate surface area is 136 Å². The first-order valence-electron chi connectivity index (χ1n) is 7.03. The minimum absolute atomic E-state index is 0.116. The topological polar surface area (TPSA) is 49.4 Å². The van der Waals surface area contributed by atoms with Gasteiger partial charge in [-0.3, -0.25) is 9.59 Å². The largest absolute Gasteiger partial charge is 0.342 e. The van der Waals surface area contributed by atoms with Crippen LogP contribution in [-0.4, -0.2) is 33.5 Å². The van der Waals surface area contributed by atoms with Crippen molar-refractivity contribution in [3.63, 3.8) is 0 Å². The van der Waals surface area contributed by atoms with Gasteiger partial charge in [0.15, 0.2) is 0 Å². The molecule has 4 nitrogen and oxygen atoms in total. The highest BCUT2D eigenvalue weighted by Gasteiger charge is 2.46. The molecule has 6 heteroatoms. The van der Waals surface area contributed by atoms with E-state index in [4.69, 9.17) is 0 Å². The minimum Gasteiger partial charge on any atom is -0.342 e. The number of nitrogens with one attached hydrogen (secondary N) is 1. The van der Waals surface area contributed by atoms with Crippen molar-refractivity contribution >= 4 is 37.1 Å². The third-order valence-electron chi connectivity index (χ3n) is 3.49. The third-order valence-corrected chi connectivity index (χ3v) is 4.42. The van der Waals surface area contributed by atoms with Crippen LogP contribution in [0.4, 0.5) is 0 Å². The van der Waals surface area contributed by atoms with Crippen LogP contribution >= 0.6 is 25.3 Å². The summed E-state index contributed by atoms with van der Waals surface area (Å²) >= 11 is 8.84. The number of β-lactam (4-membered cyclic amide) rings is 1. The van der Waals surface area contributed by atoms with Gasteiger partial charge in [0.25, 0.3) is 0 Å². The molecular formula is C15H20N2O2S2. The van der Waals surface area contributed by atoms with E-state index in [1.807, 2.05) is 37.3 Å². The molecule has 0 aliphatic carbocycles. The number of hydrogen-bond donors (Lipinski definition) is 3. The van der Waals surface area contributed by atoms with E-state index in [1.165, 1.54) is 0 Å². The van der Waals surface area contributed by atoms with Crippen molar-refractivity contribution in [3.05, 3.63) is 35.9 Å². The summed E-state index contributed by atoms with van der Waals surface area (Å²) in [4.78, 5) is 25.6. The molecule has 1 N–H and O–H groups in total. The summed E-state index contributed by atoms with van der Waals surface area (Å²) in [5, 5.41) is 2.76. The molecule has 114 valence electrons. The van der Waals surface area contributed by atoms with E-state index in [-0.39, 0.29) is 18.2 Å². The zero-order chi connectivity index (χ0) is 15.5. The molecule has 0 spiro atoms. The molecule has 0 radical (unpaired) electrons. The normalized spacial score (nSPS) is 18.3. The molecule has 1 heterocycles. The van der Waals surface area contributed by atoms with Gasteiger partial charge in [0.1, 0.15) is 10.2 Å². The molecule has 21 heavy (non-hydrogen) atoms. The van der Waals surface area contributed by atoms with Gasteiger partial charge in [0.2, 0.25) is 11.8 Å². The van der Waals surface area contributed by atoms with E-state index >= 15 is 0 Å². The molecule has 1 fully saturated rings. The summed E-state index contributed by atoms with van der Waals surface area (Å²) in [5.41, 5.74) is 0.933. The molecule has 2 amide bonds. The number of nitrogens with zero attached hydrogens (tertiary/aromatic N) is 1. The number of rotatable bonds is 6. The van der Waals surface area contributed by atoms with Crippen LogP contribution in [0.5, 0.6) is 0 Å². The van der Waals surface area contributed by atoms with E-state index in [9.17, 15) is 9.59 Å². The highest BCUT2D eigenvalue weighted by atomic mass is 32.2. The molecule has 1 unspecified atom stereocenters. The number of thiol groups is 2. The fraction of sp³-hybridized carbons (Fsp3) is 0.467. The molecule has 1 aliphatic heterocycles. The van der Waals surface area contributed by atoms with E-state index in [0.29, 0.717) is 13.0 Å². The smallest absolute Gasteiger partial charge is 0.248 e. The van der Waals surface area contributed by atoms with E-state index in [0.717, 1.165) is 12.0 Å². The highest BCUT2D eigenvalue weighted by Crippen LogP contribution is 2.34. The van der Waals surface area contributed by atoms with Crippen LogP contribution in [0.3, 0.4) is 0 Å². The Morgan fingerprint density at radius 2 is 2.05 bits per heavy atom. The fourth-order valence-electron chi connectivity index (χ4n) is 2.35. The Kier molecular flexibility index (Phi) is 5.22. The van der Waals surface area contributed by atoms with Gasteiger partial charge in [-0.05, 0) is 12.0 Å². The lowest BCUT2D eigenvalue weighted by atomic mass is 10.1. The predicted molar refractivity (Wildman–Crippen MR) is 89.4 cm³/mol. The zero-order valence-corrected chi connectivity index (χ0v) is 13.7. The summed E-state index contributed by atoms with van der Waals surface area (Å²) in [6.45, 7) is 2.48. The third kappa shape index (κ3) is 3.95. The van der Waals surface area contributed by atoms with Crippen LogP contribution in [0.25, 0.3) is 0 Å². The number of carbonyl (C=O) groups is 2. The highest BCUT2D eigenvalue weighted by molar-refractivity contribution is 8.00. The first-order chi connectivity index (χ1) is 9.94. The summed E-state index contributed by atoms with van der Waals surface area (Å²) < 4.78 is -0.730. The van der Waals surface area contributed by atoms with Gasteiger partial charge in [-0.15, -0.1) is 25.3 Å². The van der Waals surface area contributed by atoms with Crippen molar-refractivity contribution in [2.45, 2.75) is 36.4 Å². The monoisotopic (exact) mass is 324 g/mol. The maximum Gasteiger partial charge on any atom is 0.248 e. The Morgan fingerprint density at radius 1 is 1.38 bits per heavy atom. The van der Waals surface area contributed by atoms with Crippen molar-refractivity contribution in [2.24, 2.45) is 0 Å². The van der Waals surface area contributed by atoms with Gasteiger partial charge in [-0.25, -0.2) is 0 Å². The lowest BCUT2D eigenvalue weighted by molar-refractivity contribution is -0.148. The van der Waals surface area contributed by atoms with Crippen molar-refractivity contribution in [1.29, 1.82) is 0 Å². The van der Waals surface area contributed by atoms with Gasteiger partial charge in [0, 0.05) is 0 Å². The molecule has 1 atom stereocenters. The Bertz CT molecular complexity index is 520. The molecule has 0 aromatic heterocycles. The fourth-order valence-corrected chi connectivity index (χ4v) is 3.16. The van der Waals surface area contributed by atoms with Gasteiger partial charge >= 0.3 is 0 Å². The molecule has 1 saturated heterocycles. The Hall–Kier alpha value is -1.14. The van der Waals surface area contributed by atoms with E-state index in [2.05, 4.69) is 30.6 Å². The second-order valence-corrected chi connectivity index (χ2v) is 7.09. The van der Waals surface area contributed by atoms with Gasteiger partial charge in [0.05, 0.1) is 13.0 Å². The van der Waals surface area contributed by atoms with Crippen LogP contribution in [0.15, 0.2) is 30.3 Å². The van der Waals surface area contributed by atoms with E-state index < -0.39 is 10.2 Å². The summed E-state index contributed by atoms with van der Waals surface area (Å²) in [6, 6.07) is 9.02. The van der Waals surface area contributed by atoms with Crippen LogP contribution in [0.2, 0.25) is 0 Å². The van der Waals surface area contributed by atoms with Crippen molar-refractivity contribution < 1.29 is 9.59 Å². The summed E-state index contributed by atoms with van der Waals surface area (Å²) in [5.74, 6) is -0.256. The molecule has 1 aromatic rings. The van der Waals surface area contributed by atoms with Crippen LogP contribution < -0.4 is 5.32 Å². The minimum atomic E-state index is -0.730. The first-order valence-corrected chi connectivity index (χ1v) is 7.93. The number of amides is 2. The first kappa shape index (κ1) is 16.2. The molecule has 0 bridgehead atoms. The second kappa shape index (κ2) is 6.75. The maximum absolute atomic E-state index is 12.1. The van der Waals surface area contributed by atoms with Crippen LogP contribution in [0.1, 0.15) is 25.3 Å². The number of carbonyl (C=O) groups excluding carboxylic acids is 2. The average molecular weight is 324 g/mol. The molecule has 2 rings (SSSR count). The van der Waals surface area contributed by atoms with Crippen molar-refractivity contribution in [1.82, 2.24) is 10.2 Å². The van der Waals surface area contributed by atoms with E-state index in [1.54, 1.807) is 4.90 Å². The van der Waals surface area contributed by atoms with Crippen molar-refractivity contribution in [2.75, 3.05) is 6.54 Å². The van der Waals surface area contributed by atoms with Crippen LogP contribution in [0, 0.1) is 0 Å². The van der Waals surface area contributed by atoms with Gasteiger partial charge in [-0.2, -0.15) is 0 Å². The second-order valence-electron chi connectivity index (χ2n) is 5.26. The standard InChI is InChI=1S/C15H20N2O2S2/c1-2-8-15(20,21)17-10-12(14(17)19)16-13(18)9-11-6-4-3-5-7-11/h3-7,12,20-21H,2,8-10H2,1H3,(H,16,18). The number of hydrogen-bond acceptors (Lipinski definition) is 4. The summed E-state index contributed by atoms with van der Waals surface area (Å²) in [6.07, 6.45) is 1.88. The quantitative estimate of drug-likeness (QED) is 0.425. The van der Waals surface area contributed by atoms with Crippen LogP contribution in [-0.2, 0) is 16.0 Å². The molecule has 0 saturated carbocycles. The predicted octanol–water partition coefficient (Wildman–Crippen LogP) is 1.87. The Morgan fingerprint density at radius 3 is 2.62 bits per heavy atom. The van der Waals surface area contributed by atoms with Gasteiger partial charge in [-0.1, -0.05) is 43.7 Å². The average Bonchev–Trinajstić information content (AvgIpc) is 2.43. The number of benzene rings is 1. The number of likely N-dealkylation sites (tertiary alicyclic amines) is 1. The molecular weight excluding hydrogens is 304 g/mol. The Balaban J connectivity index is 1.84. The molecule has 1 aromatic carbocycles. The van der Waals surface area contributed by atoms with Gasteiger partial charge < -0.3 is 10.2 Å². The lowest BCUT2D eigenvalue weighted by Gasteiger charge is -2.47. The maximum atomic E-state index is 12.1. The zero-order valence-electron chi connectivity index (χ0n) is 12.0.